The zero-order chi connectivity index (χ0) is 22.0. The zero-order valence-electron chi connectivity index (χ0n) is 16.3. The normalized spacial score (nSPS) is 10.8. The van der Waals surface area contributed by atoms with E-state index in [4.69, 9.17) is 11.6 Å². The first kappa shape index (κ1) is 20.4. The van der Waals surface area contributed by atoms with E-state index in [1.165, 1.54) is 22.9 Å². The lowest BCUT2D eigenvalue weighted by Crippen LogP contribution is -2.33. The highest BCUT2D eigenvalue weighted by molar-refractivity contribution is 6.30. The minimum Gasteiger partial charge on any atom is -0.342 e. The van der Waals surface area contributed by atoms with E-state index in [9.17, 15) is 14.0 Å². The lowest BCUT2D eigenvalue weighted by molar-refractivity contribution is -0.115. The maximum absolute atomic E-state index is 13.4. The van der Waals surface area contributed by atoms with Gasteiger partial charge in [-0.2, -0.15) is 0 Å². The molecule has 0 aliphatic rings. The number of rotatable bonds is 5. The van der Waals surface area contributed by atoms with Gasteiger partial charge in [0, 0.05) is 11.6 Å². The van der Waals surface area contributed by atoms with Gasteiger partial charge in [-0.05, 0) is 37.3 Å². The third-order valence-corrected chi connectivity index (χ3v) is 4.86. The monoisotopic (exact) mass is 438 g/mol. The number of pyridine rings is 1. The van der Waals surface area contributed by atoms with Gasteiger partial charge in [-0.25, -0.2) is 9.07 Å². The standard InChI is InChI=1S/C21H16ClFN6O2/c1-12-19(27-28-29(12)14-7-8-16(23)15(22)10-14)21(31)25-11-18(30)26-17-6-2-4-13-5-3-9-24-20(13)17/h2-10H,11H2,1H3,(H,25,31)(H,26,30). The molecule has 2 N–H and O–H groups in total. The molecular weight excluding hydrogens is 423 g/mol. The van der Waals surface area contributed by atoms with Crippen LogP contribution in [-0.4, -0.2) is 38.3 Å². The number of para-hydroxylation sites is 1. The van der Waals surface area contributed by atoms with Gasteiger partial charge in [0.05, 0.1) is 34.2 Å². The molecule has 0 radical (unpaired) electrons. The number of benzene rings is 2. The summed E-state index contributed by atoms with van der Waals surface area (Å²) >= 11 is 5.81. The third kappa shape index (κ3) is 4.22. The number of carbonyl (C=O) groups excluding carboxylic acids is 2. The Morgan fingerprint density at radius 1 is 1.16 bits per heavy atom. The summed E-state index contributed by atoms with van der Waals surface area (Å²) < 4.78 is 14.7. The second-order valence-corrected chi connectivity index (χ2v) is 7.05. The lowest BCUT2D eigenvalue weighted by Gasteiger charge is -2.09. The first-order chi connectivity index (χ1) is 14.9. The minimum atomic E-state index is -0.567. The summed E-state index contributed by atoms with van der Waals surface area (Å²) in [7, 11) is 0. The molecule has 2 amide bonds. The van der Waals surface area contributed by atoms with Gasteiger partial charge in [0.2, 0.25) is 5.91 Å². The van der Waals surface area contributed by atoms with Crippen molar-refractivity contribution in [2.75, 3.05) is 11.9 Å². The van der Waals surface area contributed by atoms with E-state index in [2.05, 4.69) is 25.9 Å². The molecule has 0 spiro atoms. The van der Waals surface area contributed by atoms with Crippen molar-refractivity contribution in [3.8, 4) is 5.69 Å². The molecule has 0 unspecified atom stereocenters. The topological polar surface area (TPSA) is 102 Å². The van der Waals surface area contributed by atoms with Crippen LogP contribution in [0.25, 0.3) is 16.6 Å². The van der Waals surface area contributed by atoms with Gasteiger partial charge >= 0.3 is 0 Å². The SMILES string of the molecule is Cc1c(C(=O)NCC(=O)Nc2cccc3cccnc23)nnn1-c1ccc(F)c(Cl)c1. The second-order valence-electron chi connectivity index (χ2n) is 6.65. The average molecular weight is 439 g/mol. The highest BCUT2D eigenvalue weighted by atomic mass is 35.5. The number of nitrogens with zero attached hydrogens (tertiary/aromatic N) is 4. The van der Waals surface area contributed by atoms with Crippen LogP contribution in [0.2, 0.25) is 5.02 Å². The van der Waals surface area contributed by atoms with Gasteiger partial charge in [0.25, 0.3) is 5.91 Å². The van der Waals surface area contributed by atoms with E-state index >= 15 is 0 Å². The second kappa shape index (κ2) is 8.49. The summed E-state index contributed by atoms with van der Waals surface area (Å²) in [6.07, 6.45) is 1.64. The van der Waals surface area contributed by atoms with Gasteiger partial charge in [0.1, 0.15) is 5.82 Å². The van der Waals surface area contributed by atoms with Gasteiger partial charge in [-0.3, -0.25) is 14.6 Å². The maximum Gasteiger partial charge on any atom is 0.274 e. The molecular formula is C21H16ClFN6O2. The molecule has 8 nitrogen and oxygen atoms in total. The molecule has 0 aliphatic carbocycles. The van der Waals surface area contributed by atoms with Crippen LogP contribution >= 0.6 is 11.6 Å². The molecule has 10 heteroatoms. The Labute approximate surface area is 181 Å². The molecule has 2 aromatic heterocycles. The number of hydrogen-bond acceptors (Lipinski definition) is 5. The smallest absolute Gasteiger partial charge is 0.274 e. The molecule has 0 atom stereocenters. The molecule has 0 saturated heterocycles. The number of hydrogen-bond donors (Lipinski definition) is 2. The summed E-state index contributed by atoms with van der Waals surface area (Å²) in [5.41, 5.74) is 2.12. The first-order valence-corrected chi connectivity index (χ1v) is 9.61. The molecule has 0 saturated carbocycles. The Bertz CT molecular complexity index is 1300. The Balaban J connectivity index is 1.43. The van der Waals surface area contributed by atoms with E-state index in [1.807, 2.05) is 24.3 Å². The maximum atomic E-state index is 13.4. The average Bonchev–Trinajstić information content (AvgIpc) is 3.15. The van der Waals surface area contributed by atoms with Gasteiger partial charge in [-0.15, -0.1) is 5.10 Å². The molecule has 0 fully saturated rings. The van der Waals surface area contributed by atoms with Crippen LogP contribution in [0, 0.1) is 12.7 Å². The van der Waals surface area contributed by atoms with Crippen LogP contribution in [-0.2, 0) is 4.79 Å². The number of nitrogens with one attached hydrogen (secondary N) is 2. The molecule has 4 aromatic rings. The predicted octanol–water partition coefficient (Wildman–Crippen LogP) is 3.28. The van der Waals surface area contributed by atoms with E-state index in [0.717, 1.165) is 5.39 Å². The molecule has 0 aliphatic heterocycles. The van der Waals surface area contributed by atoms with E-state index in [-0.39, 0.29) is 17.3 Å². The van der Waals surface area contributed by atoms with Crippen LogP contribution in [0.4, 0.5) is 10.1 Å². The van der Waals surface area contributed by atoms with Crippen molar-refractivity contribution in [3.05, 3.63) is 77.0 Å². The number of fused-ring (bicyclic) bond motifs is 1. The van der Waals surface area contributed by atoms with Crippen LogP contribution in [0.15, 0.2) is 54.7 Å². The number of aromatic nitrogens is 4. The molecule has 31 heavy (non-hydrogen) atoms. The Hall–Kier alpha value is -3.85. The molecule has 0 bridgehead atoms. The fourth-order valence-electron chi connectivity index (χ4n) is 3.04. The highest BCUT2D eigenvalue weighted by Crippen LogP contribution is 2.21. The summed E-state index contributed by atoms with van der Waals surface area (Å²) in [5.74, 6) is -1.54. The summed E-state index contributed by atoms with van der Waals surface area (Å²) in [6.45, 7) is 1.37. The number of halogens is 2. The largest absolute Gasteiger partial charge is 0.342 e. The predicted molar refractivity (Wildman–Crippen MR) is 114 cm³/mol. The number of carbonyl (C=O) groups is 2. The summed E-state index contributed by atoms with van der Waals surface area (Å²) in [6, 6.07) is 13.2. The summed E-state index contributed by atoms with van der Waals surface area (Å²) in [5, 5.41) is 13.9. The zero-order valence-corrected chi connectivity index (χ0v) is 17.0. The quantitative estimate of drug-likeness (QED) is 0.498. The fraction of sp³-hybridized carbons (Fsp3) is 0.0952. The number of amides is 2. The van der Waals surface area contributed by atoms with Gasteiger partial charge < -0.3 is 10.6 Å². The highest BCUT2D eigenvalue weighted by Gasteiger charge is 2.19. The Morgan fingerprint density at radius 3 is 2.77 bits per heavy atom. The Kier molecular flexibility index (Phi) is 5.59. The minimum absolute atomic E-state index is 0.0417. The van der Waals surface area contributed by atoms with E-state index in [0.29, 0.717) is 22.6 Å². The van der Waals surface area contributed by atoms with E-state index < -0.39 is 17.6 Å². The summed E-state index contributed by atoms with van der Waals surface area (Å²) in [4.78, 5) is 29.1. The van der Waals surface area contributed by atoms with Crippen LogP contribution < -0.4 is 10.6 Å². The molecule has 2 aromatic carbocycles. The van der Waals surface area contributed by atoms with E-state index in [1.54, 1.807) is 19.2 Å². The molecule has 2 heterocycles. The van der Waals surface area contributed by atoms with Crippen molar-refractivity contribution < 1.29 is 14.0 Å². The van der Waals surface area contributed by atoms with Crippen LogP contribution in [0.3, 0.4) is 0 Å². The van der Waals surface area contributed by atoms with Gasteiger partial charge in [0.15, 0.2) is 5.69 Å². The van der Waals surface area contributed by atoms with Crippen molar-refractivity contribution in [2.24, 2.45) is 0 Å². The fourth-order valence-corrected chi connectivity index (χ4v) is 3.22. The van der Waals surface area contributed by atoms with Crippen LogP contribution in [0.1, 0.15) is 16.2 Å². The van der Waals surface area contributed by atoms with Crippen molar-refractivity contribution in [3.63, 3.8) is 0 Å². The third-order valence-electron chi connectivity index (χ3n) is 4.57. The first-order valence-electron chi connectivity index (χ1n) is 9.23. The molecule has 156 valence electrons. The van der Waals surface area contributed by atoms with Crippen molar-refractivity contribution in [1.82, 2.24) is 25.3 Å². The van der Waals surface area contributed by atoms with Gasteiger partial charge in [-0.1, -0.05) is 35.0 Å². The molecule has 4 rings (SSSR count). The number of anilines is 1. The Morgan fingerprint density at radius 2 is 1.97 bits per heavy atom. The van der Waals surface area contributed by atoms with Crippen molar-refractivity contribution in [2.45, 2.75) is 6.92 Å². The van der Waals surface area contributed by atoms with Crippen molar-refractivity contribution in [1.29, 1.82) is 0 Å². The van der Waals surface area contributed by atoms with Crippen LogP contribution in [0.5, 0.6) is 0 Å². The lowest BCUT2D eigenvalue weighted by atomic mass is 10.2. The van der Waals surface area contributed by atoms with Crippen molar-refractivity contribution >= 4 is 40.0 Å².